The molecule has 5 nitrogen and oxygen atoms in total. The molecule has 0 aliphatic heterocycles. The van der Waals surface area contributed by atoms with Crippen molar-refractivity contribution in [3.05, 3.63) is 18.2 Å². The summed E-state index contributed by atoms with van der Waals surface area (Å²) in [4.78, 5) is 0.184. The Labute approximate surface area is 120 Å². The van der Waals surface area contributed by atoms with Crippen LogP contribution in [0.4, 0.5) is 11.4 Å². The Morgan fingerprint density at radius 1 is 1.40 bits per heavy atom. The molecule has 0 aromatic heterocycles. The van der Waals surface area contributed by atoms with E-state index < -0.39 is 9.84 Å². The van der Waals surface area contributed by atoms with E-state index in [1.807, 2.05) is 6.07 Å². The van der Waals surface area contributed by atoms with Crippen molar-refractivity contribution in [1.82, 2.24) is 0 Å². The quantitative estimate of drug-likeness (QED) is 0.751. The SMILES string of the molecule is COCCC1(CNc2cccc(S(C)(=O)=O)c2N)CC1. The lowest BCUT2D eigenvalue weighted by molar-refractivity contribution is 0.175. The standard InChI is InChI=1S/C14H22N2O3S/c1-19-9-8-14(6-7-14)10-16-11-4-3-5-12(13(11)15)20(2,17)18/h3-5,16H,6-10,15H2,1-2H3. The van der Waals surface area contributed by atoms with Gasteiger partial charge in [0.1, 0.15) is 0 Å². The molecule has 112 valence electrons. The Bertz CT molecular complexity index is 580. The van der Waals surface area contributed by atoms with Crippen molar-refractivity contribution in [1.29, 1.82) is 0 Å². The van der Waals surface area contributed by atoms with Crippen LogP contribution in [0.1, 0.15) is 19.3 Å². The summed E-state index contributed by atoms with van der Waals surface area (Å²) < 4.78 is 28.4. The van der Waals surface area contributed by atoms with E-state index in [9.17, 15) is 8.42 Å². The van der Waals surface area contributed by atoms with Crippen molar-refractivity contribution in [2.45, 2.75) is 24.2 Å². The molecular formula is C14H22N2O3S. The predicted octanol–water partition coefficient (Wildman–Crippen LogP) is 1.90. The minimum absolute atomic E-state index is 0.184. The lowest BCUT2D eigenvalue weighted by Crippen LogP contribution is -2.18. The van der Waals surface area contributed by atoms with Gasteiger partial charge in [0.05, 0.1) is 16.3 Å². The third-order valence-corrected chi connectivity index (χ3v) is 5.07. The van der Waals surface area contributed by atoms with Crippen LogP contribution in [0.15, 0.2) is 23.1 Å². The van der Waals surface area contributed by atoms with Gasteiger partial charge < -0.3 is 15.8 Å². The molecule has 0 radical (unpaired) electrons. The molecule has 0 saturated heterocycles. The maximum Gasteiger partial charge on any atom is 0.177 e. The fourth-order valence-electron chi connectivity index (χ4n) is 2.31. The van der Waals surface area contributed by atoms with E-state index in [0.717, 1.165) is 19.6 Å². The van der Waals surface area contributed by atoms with Gasteiger partial charge in [-0.15, -0.1) is 0 Å². The number of para-hydroxylation sites is 1. The van der Waals surface area contributed by atoms with Gasteiger partial charge in [0, 0.05) is 26.5 Å². The molecular weight excluding hydrogens is 276 g/mol. The van der Waals surface area contributed by atoms with Crippen molar-refractivity contribution >= 4 is 21.2 Å². The average molecular weight is 298 g/mol. The summed E-state index contributed by atoms with van der Waals surface area (Å²) in [5.41, 5.74) is 7.23. The molecule has 3 N–H and O–H groups in total. The van der Waals surface area contributed by atoms with E-state index in [4.69, 9.17) is 10.5 Å². The smallest absolute Gasteiger partial charge is 0.177 e. The van der Waals surface area contributed by atoms with Gasteiger partial charge in [-0.3, -0.25) is 0 Å². The highest BCUT2D eigenvalue weighted by Crippen LogP contribution is 2.49. The third kappa shape index (κ3) is 3.43. The number of sulfone groups is 1. The second-order valence-electron chi connectivity index (χ2n) is 5.59. The maximum atomic E-state index is 11.6. The summed E-state index contributed by atoms with van der Waals surface area (Å²) in [7, 11) is -1.59. The number of nitrogens with two attached hydrogens (primary N) is 1. The molecule has 1 aliphatic rings. The number of hydrogen-bond acceptors (Lipinski definition) is 5. The number of nitrogen functional groups attached to an aromatic ring is 1. The van der Waals surface area contributed by atoms with Gasteiger partial charge in [0.25, 0.3) is 0 Å². The molecule has 1 saturated carbocycles. The summed E-state index contributed by atoms with van der Waals surface area (Å²) in [6.45, 7) is 1.55. The summed E-state index contributed by atoms with van der Waals surface area (Å²) in [6.07, 6.45) is 4.54. The van der Waals surface area contributed by atoms with Crippen LogP contribution in [0.3, 0.4) is 0 Å². The molecule has 0 unspecified atom stereocenters. The number of rotatable bonds is 7. The highest BCUT2D eigenvalue weighted by atomic mass is 32.2. The fraction of sp³-hybridized carbons (Fsp3) is 0.571. The Morgan fingerprint density at radius 3 is 2.65 bits per heavy atom. The van der Waals surface area contributed by atoms with Crippen LogP contribution in [0.2, 0.25) is 0 Å². The Hall–Kier alpha value is -1.27. The summed E-state index contributed by atoms with van der Waals surface area (Å²) in [5, 5.41) is 3.29. The molecule has 1 aliphatic carbocycles. The monoisotopic (exact) mass is 298 g/mol. The van der Waals surface area contributed by atoms with E-state index in [1.165, 1.54) is 25.2 Å². The number of benzene rings is 1. The van der Waals surface area contributed by atoms with Gasteiger partial charge in [-0.1, -0.05) is 6.07 Å². The molecule has 1 aromatic rings. The molecule has 0 bridgehead atoms. The van der Waals surface area contributed by atoms with E-state index in [1.54, 1.807) is 13.2 Å². The van der Waals surface area contributed by atoms with Crippen molar-refractivity contribution < 1.29 is 13.2 Å². The first-order chi connectivity index (χ1) is 9.38. The Morgan fingerprint density at radius 2 is 2.10 bits per heavy atom. The van der Waals surface area contributed by atoms with E-state index in [2.05, 4.69) is 5.32 Å². The average Bonchev–Trinajstić information content (AvgIpc) is 3.14. The minimum atomic E-state index is -3.29. The first kappa shape index (κ1) is 15.1. The zero-order valence-electron chi connectivity index (χ0n) is 12.0. The fourth-order valence-corrected chi connectivity index (χ4v) is 3.15. The van der Waals surface area contributed by atoms with E-state index in [-0.39, 0.29) is 10.3 Å². The third-order valence-electron chi connectivity index (χ3n) is 3.91. The van der Waals surface area contributed by atoms with Gasteiger partial charge in [0.15, 0.2) is 9.84 Å². The summed E-state index contributed by atoms with van der Waals surface area (Å²) in [6, 6.07) is 5.06. The summed E-state index contributed by atoms with van der Waals surface area (Å²) in [5.74, 6) is 0. The molecule has 0 heterocycles. The van der Waals surface area contributed by atoms with Crippen molar-refractivity contribution in [3.63, 3.8) is 0 Å². The van der Waals surface area contributed by atoms with Crippen LogP contribution in [-0.2, 0) is 14.6 Å². The van der Waals surface area contributed by atoms with Crippen LogP contribution in [0.5, 0.6) is 0 Å². The molecule has 1 aromatic carbocycles. The van der Waals surface area contributed by atoms with E-state index in [0.29, 0.717) is 11.4 Å². The van der Waals surface area contributed by atoms with Crippen LogP contribution in [0.25, 0.3) is 0 Å². The largest absolute Gasteiger partial charge is 0.396 e. The molecule has 2 rings (SSSR count). The molecule has 20 heavy (non-hydrogen) atoms. The van der Waals surface area contributed by atoms with Gasteiger partial charge in [-0.25, -0.2) is 8.42 Å². The zero-order valence-corrected chi connectivity index (χ0v) is 12.8. The maximum absolute atomic E-state index is 11.6. The first-order valence-corrected chi connectivity index (χ1v) is 8.58. The van der Waals surface area contributed by atoms with Gasteiger partial charge >= 0.3 is 0 Å². The topological polar surface area (TPSA) is 81.4 Å². The highest BCUT2D eigenvalue weighted by molar-refractivity contribution is 7.90. The van der Waals surface area contributed by atoms with Crippen LogP contribution in [-0.4, -0.2) is 34.9 Å². The van der Waals surface area contributed by atoms with Crippen molar-refractivity contribution in [2.75, 3.05) is 37.6 Å². The van der Waals surface area contributed by atoms with Crippen LogP contribution >= 0.6 is 0 Å². The van der Waals surface area contributed by atoms with Crippen LogP contribution < -0.4 is 11.1 Å². The number of anilines is 2. The van der Waals surface area contributed by atoms with Gasteiger partial charge in [-0.2, -0.15) is 0 Å². The highest BCUT2D eigenvalue weighted by Gasteiger charge is 2.41. The number of nitrogens with one attached hydrogen (secondary N) is 1. The molecule has 0 atom stereocenters. The molecule has 6 heteroatoms. The van der Waals surface area contributed by atoms with Gasteiger partial charge in [-0.05, 0) is 36.8 Å². The second kappa shape index (κ2) is 5.61. The number of hydrogen-bond donors (Lipinski definition) is 2. The molecule has 0 amide bonds. The molecule has 0 spiro atoms. The van der Waals surface area contributed by atoms with Crippen molar-refractivity contribution in [3.8, 4) is 0 Å². The van der Waals surface area contributed by atoms with E-state index >= 15 is 0 Å². The predicted molar refractivity (Wildman–Crippen MR) is 80.6 cm³/mol. The normalized spacial score (nSPS) is 16.9. The lowest BCUT2D eigenvalue weighted by atomic mass is 10.0. The lowest BCUT2D eigenvalue weighted by Gasteiger charge is -2.18. The Balaban J connectivity index is 2.08. The molecule has 1 fully saturated rings. The minimum Gasteiger partial charge on any atom is -0.396 e. The van der Waals surface area contributed by atoms with Crippen molar-refractivity contribution in [2.24, 2.45) is 5.41 Å². The Kier molecular flexibility index (Phi) is 4.25. The van der Waals surface area contributed by atoms with Crippen LogP contribution in [0, 0.1) is 5.41 Å². The number of ether oxygens (including phenoxy) is 1. The summed E-state index contributed by atoms with van der Waals surface area (Å²) >= 11 is 0. The second-order valence-corrected chi connectivity index (χ2v) is 7.57. The number of methoxy groups -OCH3 is 1. The zero-order chi connectivity index (χ0) is 14.8. The first-order valence-electron chi connectivity index (χ1n) is 6.69. The van der Waals surface area contributed by atoms with Gasteiger partial charge in [0.2, 0.25) is 0 Å².